The number of non-ortho nitro benzene ring substituents is 1. The molecule has 2 aromatic carbocycles. The van der Waals surface area contributed by atoms with E-state index >= 15 is 0 Å². The van der Waals surface area contributed by atoms with Crippen molar-refractivity contribution < 1.29 is 14.5 Å². The Balaban J connectivity index is 2.30. The number of nitrogens with zero attached hydrogens (tertiary/aromatic N) is 1. The summed E-state index contributed by atoms with van der Waals surface area (Å²) in [5, 5.41) is 10.7. The molecule has 21 heavy (non-hydrogen) atoms. The van der Waals surface area contributed by atoms with Gasteiger partial charge in [-0.3, -0.25) is 14.9 Å². The monoisotopic (exact) mass is 349 g/mol. The van der Waals surface area contributed by atoms with Crippen LogP contribution in [-0.2, 0) is 0 Å². The summed E-state index contributed by atoms with van der Waals surface area (Å²) in [6.45, 7) is 3.23. The van der Waals surface area contributed by atoms with E-state index < -0.39 is 4.92 Å². The van der Waals surface area contributed by atoms with Crippen LogP contribution in [0.5, 0.6) is 11.5 Å². The number of ketones is 1. The van der Waals surface area contributed by atoms with Crippen LogP contribution >= 0.6 is 15.9 Å². The van der Waals surface area contributed by atoms with E-state index in [-0.39, 0.29) is 11.5 Å². The van der Waals surface area contributed by atoms with Crippen molar-refractivity contribution in [3.63, 3.8) is 0 Å². The molecule has 0 aromatic heterocycles. The Hall–Kier alpha value is -2.21. The number of Topliss-reactive ketones (excluding diaryl/α,β-unsaturated/α-hetero) is 1. The zero-order chi connectivity index (χ0) is 15.6. The van der Waals surface area contributed by atoms with Crippen LogP contribution in [0.3, 0.4) is 0 Å². The van der Waals surface area contributed by atoms with E-state index in [0.717, 1.165) is 0 Å². The first kappa shape index (κ1) is 15.2. The summed E-state index contributed by atoms with van der Waals surface area (Å²) in [6, 6.07) is 9.43. The van der Waals surface area contributed by atoms with Gasteiger partial charge in [0.2, 0.25) is 0 Å². The van der Waals surface area contributed by atoms with Crippen LogP contribution in [0.2, 0.25) is 0 Å². The fraction of sp³-hybridized carbons (Fsp3) is 0.133. The van der Waals surface area contributed by atoms with Gasteiger partial charge in [-0.25, -0.2) is 0 Å². The molecule has 0 bridgehead atoms. The van der Waals surface area contributed by atoms with Crippen LogP contribution in [-0.4, -0.2) is 10.7 Å². The fourth-order valence-corrected chi connectivity index (χ4v) is 2.24. The lowest BCUT2D eigenvalue weighted by Gasteiger charge is -2.10. The maximum Gasteiger partial charge on any atom is 0.269 e. The second-order valence-corrected chi connectivity index (χ2v) is 5.36. The van der Waals surface area contributed by atoms with Gasteiger partial charge < -0.3 is 4.74 Å². The van der Waals surface area contributed by atoms with Crippen LogP contribution in [0.25, 0.3) is 0 Å². The zero-order valence-corrected chi connectivity index (χ0v) is 13.0. The summed E-state index contributed by atoms with van der Waals surface area (Å²) in [4.78, 5) is 21.6. The lowest BCUT2D eigenvalue weighted by Crippen LogP contribution is -1.95. The molecule has 0 amide bonds. The van der Waals surface area contributed by atoms with Gasteiger partial charge in [0.1, 0.15) is 11.5 Å². The van der Waals surface area contributed by atoms with Gasteiger partial charge in [0.15, 0.2) is 5.78 Å². The van der Waals surface area contributed by atoms with Gasteiger partial charge in [-0.15, -0.1) is 0 Å². The molecule has 0 fully saturated rings. The maximum atomic E-state index is 11.3. The minimum absolute atomic E-state index is 0.0193. The maximum absolute atomic E-state index is 11.3. The summed E-state index contributed by atoms with van der Waals surface area (Å²) in [5.74, 6) is 1.03. The Morgan fingerprint density at radius 1 is 1.19 bits per heavy atom. The van der Waals surface area contributed by atoms with Crippen molar-refractivity contribution in [2.75, 3.05) is 0 Å². The number of hydrogen-bond donors (Lipinski definition) is 0. The number of ether oxygens (including phenoxy) is 1. The van der Waals surface area contributed by atoms with Crippen molar-refractivity contribution in [3.8, 4) is 11.5 Å². The molecule has 2 rings (SSSR count). The molecule has 0 aliphatic rings. The molecule has 0 aliphatic carbocycles. The second kappa shape index (κ2) is 6.05. The predicted molar refractivity (Wildman–Crippen MR) is 82.1 cm³/mol. The molecular weight excluding hydrogens is 338 g/mol. The molecule has 0 spiro atoms. The minimum Gasteiger partial charge on any atom is -0.456 e. The topological polar surface area (TPSA) is 69.4 Å². The third-order valence-electron chi connectivity index (χ3n) is 2.93. The van der Waals surface area contributed by atoms with Gasteiger partial charge in [0.05, 0.1) is 9.40 Å². The Morgan fingerprint density at radius 2 is 1.86 bits per heavy atom. The fourth-order valence-electron chi connectivity index (χ4n) is 1.78. The molecule has 2 aromatic rings. The predicted octanol–water partition coefficient (Wildman–Crippen LogP) is 4.66. The SMILES string of the molecule is CC(=O)c1ccc(Oc2ccc([N+](=O)[O-])cc2C)c(Br)c1. The zero-order valence-electron chi connectivity index (χ0n) is 11.4. The number of nitro groups is 1. The lowest BCUT2D eigenvalue weighted by molar-refractivity contribution is -0.384. The van der Waals surface area contributed by atoms with E-state index in [1.807, 2.05) is 0 Å². The van der Waals surface area contributed by atoms with Crippen molar-refractivity contribution >= 4 is 27.4 Å². The quantitative estimate of drug-likeness (QED) is 0.457. The van der Waals surface area contributed by atoms with E-state index in [2.05, 4.69) is 15.9 Å². The summed E-state index contributed by atoms with van der Waals surface area (Å²) in [6.07, 6.45) is 0. The normalized spacial score (nSPS) is 10.2. The number of hydrogen-bond acceptors (Lipinski definition) is 4. The van der Waals surface area contributed by atoms with Crippen LogP contribution in [0.1, 0.15) is 22.8 Å². The van der Waals surface area contributed by atoms with Crippen LogP contribution in [0.4, 0.5) is 5.69 Å². The van der Waals surface area contributed by atoms with Gasteiger partial charge in [-0.1, -0.05) is 0 Å². The molecule has 0 saturated carbocycles. The smallest absolute Gasteiger partial charge is 0.269 e. The number of carbonyl (C=O) groups excluding carboxylic acids is 1. The van der Waals surface area contributed by atoms with Crippen LogP contribution in [0.15, 0.2) is 40.9 Å². The largest absolute Gasteiger partial charge is 0.456 e. The molecule has 0 unspecified atom stereocenters. The molecule has 0 atom stereocenters. The number of rotatable bonds is 4. The number of halogens is 1. The lowest BCUT2D eigenvalue weighted by atomic mass is 10.1. The number of carbonyl (C=O) groups is 1. The van der Waals surface area contributed by atoms with Crippen molar-refractivity contribution in [2.45, 2.75) is 13.8 Å². The van der Waals surface area contributed by atoms with Crippen molar-refractivity contribution in [1.82, 2.24) is 0 Å². The summed E-state index contributed by atoms with van der Waals surface area (Å²) in [7, 11) is 0. The average molecular weight is 350 g/mol. The molecule has 0 aliphatic heterocycles. The third-order valence-corrected chi connectivity index (χ3v) is 3.55. The standard InChI is InChI=1S/C15H12BrNO4/c1-9-7-12(17(19)20)4-6-14(9)21-15-5-3-11(10(2)18)8-13(15)16/h3-8H,1-2H3. The molecule has 0 radical (unpaired) electrons. The second-order valence-electron chi connectivity index (χ2n) is 4.51. The Morgan fingerprint density at radius 3 is 2.38 bits per heavy atom. The average Bonchev–Trinajstić information content (AvgIpc) is 2.42. The first-order chi connectivity index (χ1) is 9.88. The highest BCUT2D eigenvalue weighted by molar-refractivity contribution is 9.10. The van der Waals surface area contributed by atoms with E-state index in [1.165, 1.54) is 19.1 Å². The molecule has 108 valence electrons. The van der Waals surface area contributed by atoms with Crippen LogP contribution < -0.4 is 4.74 Å². The van der Waals surface area contributed by atoms with Crippen molar-refractivity contribution in [2.24, 2.45) is 0 Å². The Bertz CT molecular complexity index is 666. The molecule has 5 nitrogen and oxygen atoms in total. The van der Waals surface area contributed by atoms with Gasteiger partial charge >= 0.3 is 0 Å². The molecule has 0 N–H and O–H groups in total. The van der Waals surface area contributed by atoms with Gasteiger partial charge in [0.25, 0.3) is 5.69 Å². The molecule has 0 saturated heterocycles. The van der Waals surface area contributed by atoms with E-state index in [0.29, 0.717) is 27.1 Å². The first-order valence-corrected chi connectivity index (χ1v) is 6.91. The van der Waals surface area contributed by atoms with Gasteiger partial charge in [0, 0.05) is 17.7 Å². The Labute approximate surface area is 129 Å². The summed E-state index contributed by atoms with van der Waals surface area (Å²) < 4.78 is 6.37. The minimum atomic E-state index is -0.450. The number of nitro benzene ring substituents is 1. The highest BCUT2D eigenvalue weighted by Crippen LogP contribution is 2.33. The van der Waals surface area contributed by atoms with Crippen molar-refractivity contribution in [1.29, 1.82) is 0 Å². The first-order valence-electron chi connectivity index (χ1n) is 6.12. The van der Waals surface area contributed by atoms with Crippen LogP contribution in [0, 0.1) is 17.0 Å². The van der Waals surface area contributed by atoms with Crippen molar-refractivity contribution in [3.05, 3.63) is 62.1 Å². The molecule has 0 heterocycles. The Kier molecular flexibility index (Phi) is 4.37. The molecular formula is C15H12BrNO4. The number of benzene rings is 2. The van der Waals surface area contributed by atoms with E-state index in [1.54, 1.807) is 31.2 Å². The highest BCUT2D eigenvalue weighted by atomic mass is 79.9. The van der Waals surface area contributed by atoms with E-state index in [4.69, 9.17) is 4.74 Å². The highest BCUT2D eigenvalue weighted by Gasteiger charge is 2.11. The third kappa shape index (κ3) is 3.46. The number of aryl methyl sites for hydroxylation is 1. The van der Waals surface area contributed by atoms with Gasteiger partial charge in [-0.2, -0.15) is 0 Å². The molecule has 6 heteroatoms. The summed E-state index contributed by atoms with van der Waals surface area (Å²) >= 11 is 3.35. The van der Waals surface area contributed by atoms with E-state index in [9.17, 15) is 14.9 Å². The van der Waals surface area contributed by atoms with Gasteiger partial charge in [-0.05, 0) is 59.6 Å². The summed E-state index contributed by atoms with van der Waals surface area (Å²) in [5.41, 5.74) is 1.26.